The number of rotatable bonds is 5. The van der Waals surface area contributed by atoms with E-state index in [9.17, 15) is 4.79 Å². The lowest BCUT2D eigenvalue weighted by molar-refractivity contribution is -0.125. The van der Waals surface area contributed by atoms with Gasteiger partial charge in [-0.15, -0.1) is 0 Å². The number of pyridine rings is 1. The standard InChI is InChI=1S/C21H28N2O2/c1-13(2)11-19(24)15-7-9-16(10-8-15)25-20-6-4-5-18-21(20)17(22)12-14(3)23-18/h4-6,12-13,15-16H,7-11H2,1-3H3,(H2,22,23). The summed E-state index contributed by atoms with van der Waals surface area (Å²) in [4.78, 5) is 16.8. The summed E-state index contributed by atoms with van der Waals surface area (Å²) in [6.45, 7) is 6.15. The van der Waals surface area contributed by atoms with E-state index in [1.165, 1.54) is 0 Å². The average molecular weight is 340 g/mol. The van der Waals surface area contributed by atoms with Crippen molar-refractivity contribution in [1.82, 2.24) is 4.98 Å². The summed E-state index contributed by atoms with van der Waals surface area (Å²) in [7, 11) is 0. The molecule has 0 spiro atoms. The fraction of sp³-hybridized carbons (Fsp3) is 0.524. The van der Waals surface area contributed by atoms with Crippen LogP contribution in [0.5, 0.6) is 5.75 Å². The van der Waals surface area contributed by atoms with E-state index in [0.29, 0.717) is 23.8 Å². The minimum Gasteiger partial charge on any atom is -0.490 e. The monoisotopic (exact) mass is 340 g/mol. The van der Waals surface area contributed by atoms with Crippen LogP contribution in [-0.2, 0) is 4.79 Å². The highest BCUT2D eigenvalue weighted by Crippen LogP contribution is 2.34. The van der Waals surface area contributed by atoms with Gasteiger partial charge in [-0.05, 0) is 56.7 Å². The molecule has 1 saturated carbocycles. The predicted molar refractivity (Wildman–Crippen MR) is 102 cm³/mol. The zero-order valence-electron chi connectivity index (χ0n) is 15.4. The van der Waals surface area contributed by atoms with Crippen molar-refractivity contribution >= 4 is 22.4 Å². The number of fused-ring (bicyclic) bond motifs is 1. The number of hydrogen-bond donors (Lipinski definition) is 1. The molecule has 2 aromatic rings. The van der Waals surface area contributed by atoms with Gasteiger partial charge in [0.25, 0.3) is 0 Å². The first-order chi connectivity index (χ1) is 11.9. The van der Waals surface area contributed by atoms with Crippen molar-refractivity contribution in [1.29, 1.82) is 0 Å². The number of ether oxygens (including phenoxy) is 1. The summed E-state index contributed by atoms with van der Waals surface area (Å²) in [5.74, 6) is 1.88. The second-order valence-electron chi connectivity index (χ2n) is 7.66. The number of nitrogens with zero attached hydrogens (tertiary/aromatic N) is 1. The molecule has 1 aliphatic rings. The van der Waals surface area contributed by atoms with Gasteiger partial charge in [0.05, 0.1) is 17.0 Å². The molecule has 0 amide bonds. The summed E-state index contributed by atoms with van der Waals surface area (Å²) in [6.07, 6.45) is 4.53. The Kier molecular flexibility index (Phi) is 5.26. The van der Waals surface area contributed by atoms with Crippen molar-refractivity contribution in [3.05, 3.63) is 30.0 Å². The van der Waals surface area contributed by atoms with Crippen LogP contribution in [-0.4, -0.2) is 16.9 Å². The number of anilines is 1. The van der Waals surface area contributed by atoms with Gasteiger partial charge in [0.2, 0.25) is 0 Å². The second-order valence-corrected chi connectivity index (χ2v) is 7.66. The van der Waals surface area contributed by atoms with E-state index in [1.807, 2.05) is 31.2 Å². The number of aryl methyl sites for hydroxylation is 1. The lowest BCUT2D eigenvalue weighted by Crippen LogP contribution is -2.28. The van der Waals surface area contributed by atoms with Crippen LogP contribution in [0.15, 0.2) is 24.3 Å². The highest BCUT2D eigenvalue weighted by atomic mass is 16.5. The molecule has 134 valence electrons. The molecule has 0 radical (unpaired) electrons. The molecule has 3 rings (SSSR count). The van der Waals surface area contributed by atoms with Crippen molar-refractivity contribution in [3.8, 4) is 5.75 Å². The molecule has 0 saturated heterocycles. The number of nitrogens with two attached hydrogens (primary N) is 1. The van der Waals surface area contributed by atoms with Crippen LogP contribution in [0.2, 0.25) is 0 Å². The maximum Gasteiger partial charge on any atom is 0.136 e. The van der Waals surface area contributed by atoms with E-state index >= 15 is 0 Å². The number of carbonyl (C=O) groups is 1. The maximum absolute atomic E-state index is 12.3. The Morgan fingerprint density at radius 1 is 1.28 bits per heavy atom. The van der Waals surface area contributed by atoms with Gasteiger partial charge < -0.3 is 10.5 Å². The lowest BCUT2D eigenvalue weighted by Gasteiger charge is -2.29. The van der Waals surface area contributed by atoms with Crippen LogP contribution < -0.4 is 10.5 Å². The zero-order valence-corrected chi connectivity index (χ0v) is 15.4. The van der Waals surface area contributed by atoms with E-state index in [0.717, 1.165) is 48.0 Å². The smallest absolute Gasteiger partial charge is 0.136 e. The van der Waals surface area contributed by atoms with Crippen molar-refractivity contribution in [2.24, 2.45) is 11.8 Å². The summed E-state index contributed by atoms with van der Waals surface area (Å²) < 4.78 is 6.27. The predicted octanol–water partition coefficient (Wildman–Crippen LogP) is 4.68. The van der Waals surface area contributed by atoms with Gasteiger partial charge in [0.1, 0.15) is 11.5 Å². The Morgan fingerprint density at radius 3 is 2.68 bits per heavy atom. The molecule has 0 bridgehead atoms. The first-order valence-corrected chi connectivity index (χ1v) is 9.29. The summed E-state index contributed by atoms with van der Waals surface area (Å²) in [5.41, 5.74) is 8.69. The molecular weight excluding hydrogens is 312 g/mol. The third-order valence-corrected chi connectivity index (χ3v) is 4.99. The third kappa shape index (κ3) is 4.12. The lowest BCUT2D eigenvalue weighted by atomic mass is 9.82. The molecular formula is C21H28N2O2. The fourth-order valence-corrected chi connectivity index (χ4v) is 3.77. The molecule has 2 N–H and O–H groups in total. The van der Waals surface area contributed by atoms with Crippen LogP contribution in [0.25, 0.3) is 10.9 Å². The minimum absolute atomic E-state index is 0.148. The summed E-state index contributed by atoms with van der Waals surface area (Å²) in [5, 5.41) is 0.895. The highest BCUT2D eigenvalue weighted by molar-refractivity contribution is 5.95. The minimum atomic E-state index is 0.148. The third-order valence-electron chi connectivity index (χ3n) is 4.99. The van der Waals surface area contributed by atoms with Crippen LogP contribution in [0.1, 0.15) is 51.6 Å². The number of nitrogen functional groups attached to an aromatic ring is 1. The Balaban J connectivity index is 1.69. The number of benzene rings is 1. The van der Waals surface area contributed by atoms with E-state index in [2.05, 4.69) is 18.8 Å². The van der Waals surface area contributed by atoms with Crippen LogP contribution in [0, 0.1) is 18.8 Å². The summed E-state index contributed by atoms with van der Waals surface area (Å²) in [6, 6.07) is 7.77. The quantitative estimate of drug-likeness (QED) is 0.858. The molecule has 1 aliphatic carbocycles. The second kappa shape index (κ2) is 7.42. The van der Waals surface area contributed by atoms with Gasteiger partial charge >= 0.3 is 0 Å². The van der Waals surface area contributed by atoms with E-state index in [1.54, 1.807) is 0 Å². The van der Waals surface area contributed by atoms with Gasteiger partial charge in [-0.2, -0.15) is 0 Å². The number of carbonyl (C=O) groups excluding carboxylic acids is 1. The van der Waals surface area contributed by atoms with Gasteiger partial charge in [-0.3, -0.25) is 9.78 Å². The number of aromatic nitrogens is 1. The molecule has 1 fully saturated rings. The van der Waals surface area contributed by atoms with Gasteiger partial charge in [-0.25, -0.2) is 0 Å². The molecule has 4 heteroatoms. The Hall–Kier alpha value is -2.10. The molecule has 25 heavy (non-hydrogen) atoms. The Morgan fingerprint density at radius 2 is 2.00 bits per heavy atom. The Bertz CT molecular complexity index is 762. The molecule has 4 nitrogen and oxygen atoms in total. The SMILES string of the molecule is Cc1cc(N)c2c(OC3CCC(C(=O)CC(C)C)CC3)cccc2n1. The van der Waals surface area contributed by atoms with Crippen molar-refractivity contribution in [3.63, 3.8) is 0 Å². The van der Waals surface area contributed by atoms with E-state index in [-0.39, 0.29) is 12.0 Å². The first-order valence-electron chi connectivity index (χ1n) is 9.29. The number of hydrogen-bond acceptors (Lipinski definition) is 4. The molecule has 0 unspecified atom stereocenters. The highest BCUT2D eigenvalue weighted by Gasteiger charge is 2.27. The Labute approximate surface area is 149 Å². The number of Topliss-reactive ketones (excluding diaryl/α,β-unsaturated/α-hetero) is 1. The van der Waals surface area contributed by atoms with Crippen LogP contribution in [0.4, 0.5) is 5.69 Å². The molecule has 1 heterocycles. The topological polar surface area (TPSA) is 65.2 Å². The van der Waals surface area contributed by atoms with Crippen molar-refractivity contribution in [2.45, 2.75) is 59.0 Å². The van der Waals surface area contributed by atoms with Gasteiger partial charge in [0.15, 0.2) is 0 Å². The molecule has 0 atom stereocenters. The van der Waals surface area contributed by atoms with Crippen molar-refractivity contribution in [2.75, 3.05) is 5.73 Å². The molecule has 1 aromatic heterocycles. The normalized spacial score (nSPS) is 20.8. The first kappa shape index (κ1) is 17.7. The maximum atomic E-state index is 12.3. The van der Waals surface area contributed by atoms with Gasteiger partial charge in [0, 0.05) is 23.7 Å². The van der Waals surface area contributed by atoms with Crippen molar-refractivity contribution < 1.29 is 9.53 Å². The van der Waals surface area contributed by atoms with Crippen LogP contribution >= 0.6 is 0 Å². The number of ketones is 1. The molecule has 0 aliphatic heterocycles. The van der Waals surface area contributed by atoms with Gasteiger partial charge in [-0.1, -0.05) is 19.9 Å². The average Bonchev–Trinajstić information content (AvgIpc) is 2.54. The molecule has 1 aromatic carbocycles. The van der Waals surface area contributed by atoms with E-state index in [4.69, 9.17) is 10.5 Å². The van der Waals surface area contributed by atoms with E-state index < -0.39 is 0 Å². The summed E-state index contributed by atoms with van der Waals surface area (Å²) >= 11 is 0. The fourth-order valence-electron chi connectivity index (χ4n) is 3.77. The zero-order chi connectivity index (χ0) is 18.0. The van der Waals surface area contributed by atoms with Crippen LogP contribution in [0.3, 0.4) is 0 Å². The largest absolute Gasteiger partial charge is 0.490 e.